The Morgan fingerprint density at radius 2 is 2.30 bits per heavy atom. The number of fused-ring (bicyclic) bond motifs is 1. The maximum Gasteiger partial charge on any atom is 0.232 e. The minimum absolute atomic E-state index is 0.0192. The fourth-order valence-corrected chi connectivity index (χ4v) is 2.46. The van der Waals surface area contributed by atoms with Crippen molar-refractivity contribution in [2.45, 2.75) is 18.6 Å². The summed E-state index contributed by atoms with van der Waals surface area (Å²) in [6.07, 6.45) is 2.63. The van der Waals surface area contributed by atoms with Crippen LogP contribution in [0.1, 0.15) is 12.7 Å². The van der Waals surface area contributed by atoms with Crippen molar-refractivity contribution in [1.29, 1.82) is 0 Å². The molecule has 0 radical (unpaired) electrons. The Morgan fingerprint density at radius 3 is 3.00 bits per heavy atom. The summed E-state index contributed by atoms with van der Waals surface area (Å²) in [7, 11) is 1.98. The fraction of sp³-hybridized carbons (Fsp3) is 0.429. The molecular weight excluding hydrogens is 294 g/mol. The molecule has 1 atom stereocenters. The van der Waals surface area contributed by atoms with Crippen LogP contribution in [0.15, 0.2) is 18.2 Å². The van der Waals surface area contributed by atoms with E-state index >= 15 is 0 Å². The molecule has 0 saturated heterocycles. The molecule has 0 fully saturated rings. The lowest BCUT2D eigenvalue weighted by molar-refractivity contribution is -0.120. The number of carbonyl (C=O) groups is 1. The second-order valence-electron chi connectivity index (χ2n) is 4.64. The summed E-state index contributed by atoms with van der Waals surface area (Å²) in [6.45, 7) is 2.49. The summed E-state index contributed by atoms with van der Waals surface area (Å²) in [5, 5.41) is 3.59. The number of carbonyl (C=O) groups excluding carboxylic acids is 1. The Kier molecular flexibility index (Phi) is 4.94. The van der Waals surface area contributed by atoms with Gasteiger partial charge in [0, 0.05) is 25.0 Å². The van der Waals surface area contributed by atoms with Crippen molar-refractivity contribution in [2.24, 2.45) is 7.05 Å². The van der Waals surface area contributed by atoms with Gasteiger partial charge < -0.3 is 9.88 Å². The average Bonchev–Trinajstić information content (AvgIpc) is 2.73. The van der Waals surface area contributed by atoms with Gasteiger partial charge in [-0.15, -0.1) is 0 Å². The van der Waals surface area contributed by atoms with Gasteiger partial charge in [0.25, 0.3) is 0 Å². The number of hydrogen-bond donors (Lipinski definition) is 1. The summed E-state index contributed by atoms with van der Waals surface area (Å²) < 4.78 is 2.04. The highest BCUT2D eigenvalue weighted by Crippen LogP contribution is 2.19. The highest BCUT2D eigenvalue weighted by molar-refractivity contribution is 7.99. The second kappa shape index (κ2) is 6.50. The van der Waals surface area contributed by atoms with Crippen LogP contribution < -0.4 is 5.32 Å². The van der Waals surface area contributed by atoms with Gasteiger partial charge in [-0.3, -0.25) is 4.79 Å². The minimum atomic E-state index is -0.0192. The molecule has 0 spiro atoms. The molecule has 6 heteroatoms. The molecule has 2 rings (SSSR count). The molecule has 1 heterocycles. The number of nitrogens with zero attached hydrogens (tertiary/aromatic N) is 2. The normalized spacial score (nSPS) is 12.6. The van der Waals surface area contributed by atoms with Gasteiger partial charge in [0.1, 0.15) is 5.82 Å². The van der Waals surface area contributed by atoms with Gasteiger partial charge in [-0.2, -0.15) is 11.8 Å². The largest absolute Gasteiger partial charge is 0.355 e. The maximum absolute atomic E-state index is 11.7. The number of nitrogens with one attached hydrogen (secondary N) is 1. The Labute approximate surface area is 127 Å². The van der Waals surface area contributed by atoms with E-state index < -0.39 is 0 Å². The van der Waals surface area contributed by atoms with E-state index in [0.717, 1.165) is 16.9 Å². The molecule has 1 amide bonds. The zero-order valence-electron chi connectivity index (χ0n) is 11.8. The lowest BCUT2D eigenvalue weighted by Crippen LogP contribution is -2.32. The lowest BCUT2D eigenvalue weighted by atomic mass is 10.3. The first-order valence-electron chi connectivity index (χ1n) is 6.44. The van der Waals surface area contributed by atoms with Crippen molar-refractivity contribution in [3.8, 4) is 0 Å². The van der Waals surface area contributed by atoms with E-state index in [4.69, 9.17) is 11.6 Å². The molecule has 1 N–H and O–H groups in total. The molecule has 108 valence electrons. The van der Waals surface area contributed by atoms with Gasteiger partial charge in [0.05, 0.1) is 16.3 Å². The molecule has 1 unspecified atom stereocenters. The Hall–Kier alpha value is -1.20. The van der Waals surface area contributed by atoms with E-state index in [9.17, 15) is 4.79 Å². The lowest BCUT2D eigenvalue weighted by Gasteiger charge is -2.09. The van der Waals surface area contributed by atoms with E-state index in [2.05, 4.69) is 10.3 Å². The van der Waals surface area contributed by atoms with Crippen molar-refractivity contribution < 1.29 is 4.79 Å². The van der Waals surface area contributed by atoms with Crippen LogP contribution in [0, 0.1) is 0 Å². The van der Waals surface area contributed by atoms with Crippen LogP contribution in [-0.4, -0.2) is 33.5 Å². The quantitative estimate of drug-likeness (QED) is 0.923. The van der Waals surface area contributed by atoms with Gasteiger partial charge in [0.2, 0.25) is 5.91 Å². The zero-order valence-corrected chi connectivity index (χ0v) is 13.4. The SMILES string of the molecule is CSC(C)C(=O)NCCc1nc2cc(Cl)ccc2n1C. The topological polar surface area (TPSA) is 46.9 Å². The standard InChI is InChI=1S/C14H18ClN3OS/c1-9(20-3)14(19)16-7-6-13-17-11-8-10(15)4-5-12(11)18(13)2/h4-5,8-9H,6-7H2,1-3H3,(H,16,19). The number of hydrogen-bond acceptors (Lipinski definition) is 3. The number of amides is 1. The molecule has 0 saturated carbocycles. The summed E-state index contributed by atoms with van der Waals surface area (Å²) in [5.74, 6) is 1.01. The molecule has 0 aliphatic heterocycles. The number of aryl methyl sites for hydroxylation is 1. The second-order valence-corrected chi connectivity index (χ2v) is 6.25. The highest BCUT2D eigenvalue weighted by Gasteiger charge is 2.12. The summed E-state index contributed by atoms with van der Waals surface area (Å²) in [6, 6.07) is 5.68. The molecule has 0 bridgehead atoms. The minimum Gasteiger partial charge on any atom is -0.355 e. The molecule has 0 aliphatic carbocycles. The molecule has 0 aliphatic rings. The maximum atomic E-state index is 11.7. The van der Waals surface area contributed by atoms with E-state index in [1.165, 1.54) is 0 Å². The first-order valence-corrected chi connectivity index (χ1v) is 8.11. The third-order valence-corrected chi connectivity index (χ3v) is 4.46. The van der Waals surface area contributed by atoms with Crippen LogP contribution >= 0.6 is 23.4 Å². The van der Waals surface area contributed by atoms with Gasteiger partial charge in [-0.25, -0.2) is 4.98 Å². The number of aromatic nitrogens is 2. The monoisotopic (exact) mass is 311 g/mol. The number of rotatable bonds is 5. The first kappa shape index (κ1) is 15.2. The molecule has 1 aromatic heterocycles. The van der Waals surface area contributed by atoms with Crippen LogP contribution in [0.3, 0.4) is 0 Å². The third-order valence-electron chi connectivity index (χ3n) is 3.31. The van der Waals surface area contributed by atoms with Crippen LogP contribution in [0.25, 0.3) is 11.0 Å². The predicted octanol–water partition coefficient (Wildman–Crippen LogP) is 2.64. The van der Waals surface area contributed by atoms with Crippen molar-refractivity contribution in [1.82, 2.24) is 14.9 Å². The Bertz CT molecular complexity index is 626. The van der Waals surface area contributed by atoms with Gasteiger partial charge >= 0.3 is 0 Å². The van der Waals surface area contributed by atoms with Gasteiger partial charge in [-0.05, 0) is 31.4 Å². The van der Waals surface area contributed by atoms with Crippen molar-refractivity contribution in [2.75, 3.05) is 12.8 Å². The van der Waals surface area contributed by atoms with E-state index in [1.807, 2.05) is 43.0 Å². The van der Waals surface area contributed by atoms with Crippen molar-refractivity contribution >= 4 is 40.3 Å². The average molecular weight is 312 g/mol. The highest BCUT2D eigenvalue weighted by atomic mass is 35.5. The van der Waals surface area contributed by atoms with Crippen molar-refractivity contribution in [3.05, 3.63) is 29.0 Å². The number of thioether (sulfide) groups is 1. The number of benzene rings is 1. The fourth-order valence-electron chi connectivity index (χ4n) is 1.99. The third kappa shape index (κ3) is 3.27. The number of imidazole rings is 1. The van der Waals surface area contributed by atoms with E-state index in [1.54, 1.807) is 11.8 Å². The van der Waals surface area contributed by atoms with Crippen LogP contribution in [0.4, 0.5) is 0 Å². The Balaban J connectivity index is 2.03. The molecule has 2 aromatic rings. The van der Waals surface area contributed by atoms with Gasteiger partial charge in [0.15, 0.2) is 0 Å². The zero-order chi connectivity index (χ0) is 14.7. The Morgan fingerprint density at radius 1 is 1.55 bits per heavy atom. The smallest absolute Gasteiger partial charge is 0.232 e. The molecule has 20 heavy (non-hydrogen) atoms. The molecule has 4 nitrogen and oxygen atoms in total. The molecular formula is C14H18ClN3OS. The van der Waals surface area contributed by atoms with E-state index in [-0.39, 0.29) is 11.2 Å². The van der Waals surface area contributed by atoms with Crippen LogP contribution in [-0.2, 0) is 18.3 Å². The first-order chi connectivity index (χ1) is 9.52. The van der Waals surface area contributed by atoms with Gasteiger partial charge in [-0.1, -0.05) is 11.6 Å². The van der Waals surface area contributed by atoms with Crippen molar-refractivity contribution in [3.63, 3.8) is 0 Å². The molecule has 1 aromatic carbocycles. The van der Waals surface area contributed by atoms with Crippen LogP contribution in [0.5, 0.6) is 0 Å². The summed E-state index contributed by atoms with van der Waals surface area (Å²) >= 11 is 7.51. The summed E-state index contributed by atoms with van der Waals surface area (Å²) in [4.78, 5) is 16.2. The number of halogens is 1. The van der Waals surface area contributed by atoms with Crippen LogP contribution in [0.2, 0.25) is 5.02 Å². The predicted molar refractivity (Wildman–Crippen MR) is 85.4 cm³/mol. The summed E-state index contributed by atoms with van der Waals surface area (Å²) in [5.41, 5.74) is 1.94. The van der Waals surface area contributed by atoms with E-state index in [0.29, 0.717) is 18.0 Å².